The largest absolute Gasteiger partial charge is 0.392 e. The van der Waals surface area contributed by atoms with Crippen molar-refractivity contribution >= 4 is 11.6 Å². The number of aliphatic hydroxyl groups excluding tert-OH is 1. The molecule has 0 bridgehead atoms. The van der Waals surface area contributed by atoms with E-state index in [-0.39, 0.29) is 12.2 Å². The van der Waals surface area contributed by atoms with Gasteiger partial charge < -0.3 is 15.4 Å². The van der Waals surface area contributed by atoms with Crippen LogP contribution in [0.15, 0.2) is 35.1 Å². The Bertz CT molecular complexity index is 705. The maximum absolute atomic E-state index is 12.2. The molecule has 2 rings (SSSR count). The maximum Gasteiger partial charge on any atom is 0.261 e. The normalized spacial score (nSPS) is 10.3. The summed E-state index contributed by atoms with van der Waals surface area (Å²) in [5, 5.41) is 11.7. The quantitative estimate of drug-likeness (QED) is 0.796. The molecule has 5 nitrogen and oxygen atoms in total. The van der Waals surface area contributed by atoms with Crippen LogP contribution in [0.4, 0.5) is 5.69 Å². The molecular weight excluding hydrogens is 256 g/mol. The Morgan fingerprint density at radius 2 is 2.05 bits per heavy atom. The van der Waals surface area contributed by atoms with Gasteiger partial charge in [-0.25, -0.2) is 0 Å². The van der Waals surface area contributed by atoms with E-state index in [9.17, 15) is 9.59 Å². The first-order valence-corrected chi connectivity index (χ1v) is 6.23. The van der Waals surface area contributed by atoms with Gasteiger partial charge in [-0.15, -0.1) is 0 Å². The summed E-state index contributed by atoms with van der Waals surface area (Å²) in [6, 6.07) is 8.60. The standard InChI is InChI=1S/C15H16N2O3/c1-9-6-10(2)16-14(19)13(9)15(20)17-12-5-3-4-11(7-12)8-18/h3-7,18H,8H2,1-2H3,(H,16,19)(H,17,20). The molecule has 2 aromatic rings. The molecule has 0 saturated carbocycles. The molecule has 3 N–H and O–H groups in total. The third-order valence-electron chi connectivity index (χ3n) is 2.96. The number of carbonyl (C=O) groups excluding carboxylic acids is 1. The van der Waals surface area contributed by atoms with Crippen molar-refractivity contribution < 1.29 is 9.90 Å². The van der Waals surface area contributed by atoms with Crippen LogP contribution in [-0.2, 0) is 6.61 Å². The lowest BCUT2D eigenvalue weighted by Crippen LogP contribution is -2.25. The van der Waals surface area contributed by atoms with Crippen LogP contribution in [0.3, 0.4) is 0 Å². The topological polar surface area (TPSA) is 82.2 Å². The zero-order valence-corrected chi connectivity index (χ0v) is 11.4. The number of amides is 1. The van der Waals surface area contributed by atoms with Gasteiger partial charge in [0.1, 0.15) is 5.56 Å². The van der Waals surface area contributed by atoms with E-state index in [0.717, 1.165) is 0 Å². The van der Waals surface area contributed by atoms with Crippen LogP contribution in [0.1, 0.15) is 27.2 Å². The fraction of sp³-hybridized carbons (Fsp3) is 0.200. The molecule has 0 radical (unpaired) electrons. The van der Waals surface area contributed by atoms with Crippen molar-refractivity contribution in [2.45, 2.75) is 20.5 Å². The number of nitrogens with one attached hydrogen (secondary N) is 2. The Hall–Kier alpha value is -2.40. The number of aromatic nitrogens is 1. The zero-order chi connectivity index (χ0) is 14.7. The van der Waals surface area contributed by atoms with E-state index in [1.54, 1.807) is 44.2 Å². The van der Waals surface area contributed by atoms with Crippen LogP contribution >= 0.6 is 0 Å². The van der Waals surface area contributed by atoms with Crippen LogP contribution in [-0.4, -0.2) is 16.0 Å². The molecule has 0 aliphatic carbocycles. The minimum absolute atomic E-state index is 0.102. The lowest BCUT2D eigenvalue weighted by Gasteiger charge is -2.08. The van der Waals surface area contributed by atoms with Crippen molar-refractivity contribution in [3.63, 3.8) is 0 Å². The zero-order valence-electron chi connectivity index (χ0n) is 11.4. The third kappa shape index (κ3) is 2.95. The Labute approximate surface area is 116 Å². The van der Waals surface area contributed by atoms with Crippen LogP contribution in [0, 0.1) is 13.8 Å². The number of aliphatic hydroxyl groups is 1. The summed E-state index contributed by atoms with van der Waals surface area (Å²) in [7, 11) is 0. The number of aryl methyl sites for hydroxylation is 2. The molecule has 0 aliphatic rings. The molecule has 0 fully saturated rings. The smallest absolute Gasteiger partial charge is 0.261 e. The van der Waals surface area contributed by atoms with E-state index in [0.29, 0.717) is 22.5 Å². The van der Waals surface area contributed by atoms with E-state index in [1.165, 1.54) is 0 Å². The highest BCUT2D eigenvalue weighted by molar-refractivity contribution is 6.05. The molecular formula is C15H16N2O3. The maximum atomic E-state index is 12.2. The second kappa shape index (κ2) is 5.71. The minimum atomic E-state index is -0.459. The van der Waals surface area contributed by atoms with E-state index in [1.807, 2.05) is 0 Å². The molecule has 0 atom stereocenters. The number of carbonyl (C=O) groups is 1. The molecule has 20 heavy (non-hydrogen) atoms. The predicted molar refractivity (Wildman–Crippen MR) is 76.9 cm³/mol. The van der Waals surface area contributed by atoms with Crippen molar-refractivity contribution in [3.8, 4) is 0 Å². The summed E-state index contributed by atoms with van der Waals surface area (Å²) in [6.07, 6.45) is 0. The van der Waals surface area contributed by atoms with Gasteiger partial charge in [0, 0.05) is 11.4 Å². The first-order chi connectivity index (χ1) is 9.51. The molecule has 0 aliphatic heterocycles. The first kappa shape index (κ1) is 14.0. The summed E-state index contributed by atoms with van der Waals surface area (Å²) in [4.78, 5) is 26.6. The van der Waals surface area contributed by atoms with Crippen molar-refractivity contribution in [2.75, 3.05) is 5.32 Å². The number of rotatable bonds is 3. The van der Waals surface area contributed by atoms with Gasteiger partial charge in [0.15, 0.2) is 0 Å². The summed E-state index contributed by atoms with van der Waals surface area (Å²) >= 11 is 0. The fourth-order valence-electron chi connectivity index (χ4n) is 2.08. The lowest BCUT2D eigenvalue weighted by atomic mass is 10.1. The van der Waals surface area contributed by atoms with Crippen LogP contribution in [0.2, 0.25) is 0 Å². The Morgan fingerprint density at radius 1 is 1.30 bits per heavy atom. The molecule has 1 heterocycles. The lowest BCUT2D eigenvalue weighted by molar-refractivity contribution is 0.102. The predicted octanol–water partition coefficient (Wildman–Crippen LogP) is 1.74. The van der Waals surface area contributed by atoms with Crippen LogP contribution in [0.5, 0.6) is 0 Å². The van der Waals surface area contributed by atoms with Crippen molar-refractivity contribution in [1.82, 2.24) is 4.98 Å². The summed E-state index contributed by atoms with van der Waals surface area (Å²) in [5.74, 6) is -0.459. The number of hydrogen-bond acceptors (Lipinski definition) is 3. The SMILES string of the molecule is Cc1cc(C)c(C(=O)Nc2cccc(CO)c2)c(=O)[nH]1. The van der Waals surface area contributed by atoms with E-state index >= 15 is 0 Å². The highest BCUT2D eigenvalue weighted by Gasteiger charge is 2.14. The Morgan fingerprint density at radius 3 is 2.70 bits per heavy atom. The van der Waals surface area contributed by atoms with Gasteiger partial charge in [-0.05, 0) is 43.2 Å². The molecule has 5 heteroatoms. The second-order valence-electron chi connectivity index (χ2n) is 4.65. The average molecular weight is 272 g/mol. The molecule has 1 amide bonds. The monoisotopic (exact) mass is 272 g/mol. The van der Waals surface area contributed by atoms with Gasteiger partial charge in [-0.1, -0.05) is 12.1 Å². The van der Waals surface area contributed by atoms with Gasteiger partial charge in [0.25, 0.3) is 11.5 Å². The van der Waals surface area contributed by atoms with Gasteiger partial charge in [0.2, 0.25) is 0 Å². The third-order valence-corrected chi connectivity index (χ3v) is 2.96. The van der Waals surface area contributed by atoms with Crippen molar-refractivity contribution in [3.05, 3.63) is 63.1 Å². The molecule has 0 unspecified atom stereocenters. The number of H-pyrrole nitrogens is 1. The van der Waals surface area contributed by atoms with E-state index < -0.39 is 11.5 Å². The Balaban J connectivity index is 2.31. The fourth-order valence-corrected chi connectivity index (χ4v) is 2.08. The molecule has 0 spiro atoms. The first-order valence-electron chi connectivity index (χ1n) is 6.23. The van der Waals surface area contributed by atoms with Crippen LogP contribution in [0.25, 0.3) is 0 Å². The number of hydrogen-bond donors (Lipinski definition) is 3. The van der Waals surface area contributed by atoms with Gasteiger partial charge in [0.05, 0.1) is 6.61 Å². The highest BCUT2D eigenvalue weighted by atomic mass is 16.3. The number of anilines is 1. The van der Waals surface area contributed by atoms with Gasteiger partial charge in [-0.2, -0.15) is 0 Å². The number of aromatic amines is 1. The van der Waals surface area contributed by atoms with Crippen molar-refractivity contribution in [2.24, 2.45) is 0 Å². The van der Waals surface area contributed by atoms with Gasteiger partial charge >= 0.3 is 0 Å². The molecule has 104 valence electrons. The molecule has 1 aromatic carbocycles. The van der Waals surface area contributed by atoms with E-state index in [2.05, 4.69) is 10.3 Å². The minimum Gasteiger partial charge on any atom is -0.392 e. The molecule has 0 saturated heterocycles. The highest BCUT2D eigenvalue weighted by Crippen LogP contribution is 2.12. The summed E-state index contributed by atoms with van der Waals surface area (Å²) in [5.41, 5.74) is 2.27. The molecule has 1 aromatic heterocycles. The number of benzene rings is 1. The average Bonchev–Trinajstić information content (AvgIpc) is 2.37. The van der Waals surface area contributed by atoms with Crippen LogP contribution < -0.4 is 10.9 Å². The van der Waals surface area contributed by atoms with E-state index in [4.69, 9.17) is 5.11 Å². The summed E-state index contributed by atoms with van der Waals surface area (Å²) < 4.78 is 0. The Kier molecular flexibility index (Phi) is 4.00. The summed E-state index contributed by atoms with van der Waals surface area (Å²) in [6.45, 7) is 3.38. The van der Waals surface area contributed by atoms with Gasteiger partial charge in [-0.3, -0.25) is 9.59 Å². The van der Waals surface area contributed by atoms with Crippen molar-refractivity contribution in [1.29, 1.82) is 0 Å². The number of pyridine rings is 1. The second-order valence-corrected chi connectivity index (χ2v) is 4.65.